The second-order valence-corrected chi connectivity index (χ2v) is 4.81. The SMILES string of the molecule is C=C[C@@H]1CCCC[C@@]12CC[C@@H](CO)N2. The van der Waals surface area contributed by atoms with E-state index in [4.69, 9.17) is 5.11 Å². The number of aliphatic hydroxyl groups is 1. The van der Waals surface area contributed by atoms with Crippen LogP contribution < -0.4 is 5.32 Å². The Hall–Kier alpha value is -0.340. The van der Waals surface area contributed by atoms with Crippen LogP contribution in [-0.4, -0.2) is 23.3 Å². The van der Waals surface area contributed by atoms with Crippen molar-refractivity contribution >= 4 is 0 Å². The molecule has 2 aliphatic rings. The third-order valence-corrected chi connectivity index (χ3v) is 4.03. The Kier molecular flexibility index (Phi) is 2.93. The van der Waals surface area contributed by atoms with Gasteiger partial charge in [0.1, 0.15) is 0 Å². The molecule has 1 aliphatic carbocycles. The molecule has 2 nitrogen and oxygen atoms in total. The first kappa shape index (κ1) is 10.2. The highest BCUT2D eigenvalue weighted by Gasteiger charge is 2.44. The van der Waals surface area contributed by atoms with Crippen LogP contribution in [-0.2, 0) is 0 Å². The second kappa shape index (κ2) is 4.03. The highest BCUT2D eigenvalue weighted by Crippen LogP contribution is 2.41. The van der Waals surface area contributed by atoms with E-state index in [0.29, 0.717) is 12.0 Å². The molecule has 1 saturated heterocycles. The van der Waals surface area contributed by atoms with Crippen molar-refractivity contribution in [2.75, 3.05) is 6.61 Å². The zero-order valence-corrected chi connectivity index (χ0v) is 8.84. The van der Waals surface area contributed by atoms with Crippen LogP contribution in [0.5, 0.6) is 0 Å². The topological polar surface area (TPSA) is 32.3 Å². The highest BCUT2D eigenvalue weighted by atomic mass is 16.3. The third-order valence-electron chi connectivity index (χ3n) is 4.03. The Balaban J connectivity index is 2.08. The van der Waals surface area contributed by atoms with Crippen molar-refractivity contribution in [2.24, 2.45) is 5.92 Å². The molecule has 0 aromatic heterocycles. The van der Waals surface area contributed by atoms with Crippen LogP contribution in [0.25, 0.3) is 0 Å². The van der Waals surface area contributed by atoms with Crippen molar-refractivity contribution in [2.45, 2.75) is 50.1 Å². The molecular weight excluding hydrogens is 174 g/mol. The van der Waals surface area contributed by atoms with Gasteiger partial charge in [-0.1, -0.05) is 18.9 Å². The summed E-state index contributed by atoms with van der Waals surface area (Å²) < 4.78 is 0. The molecule has 2 N–H and O–H groups in total. The van der Waals surface area contributed by atoms with Crippen molar-refractivity contribution < 1.29 is 5.11 Å². The maximum Gasteiger partial charge on any atom is 0.0584 e. The van der Waals surface area contributed by atoms with E-state index in [2.05, 4.69) is 18.0 Å². The number of rotatable bonds is 2. The van der Waals surface area contributed by atoms with E-state index < -0.39 is 0 Å². The summed E-state index contributed by atoms with van der Waals surface area (Å²) in [4.78, 5) is 0. The van der Waals surface area contributed by atoms with Gasteiger partial charge in [-0.2, -0.15) is 0 Å². The lowest BCUT2D eigenvalue weighted by molar-refractivity contribution is 0.176. The monoisotopic (exact) mass is 195 g/mol. The molecule has 0 bridgehead atoms. The smallest absolute Gasteiger partial charge is 0.0584 e. The average molecular weight is 195 g/mol. The molecule has 1 heterocycles. The Labute approximate surface area is 86.4 Å². The summed E-state index contributed by atoms with van der Waals surface area (Å²) in [7, 11) is 0. The van der Waals surface area contributed by atoms with Gasteiger partial charge in [-0.25, -0.2) is 0 Å². The normalized spacial score (nSPS) is 42.9. The summed E-state index contributed by atoms with van der Waals surface area (Å²) in [5.74, 6) is 0.618. The molecule has 1 saturated carbocycles. The maximum absolute atomic E-state index is 9.15. The van der Waals surface area contributed by atoms with Crippen LogP contribution in [0.1, 0.15) is 38.5 Å². The third kappa shape index (κ3) is 1.61. The van der Waals surface area contributed by atoms with E-state index in [-0.39, 0.29) is 12.1 Å². The highest BCUT2D eigenvalue weighted by molar-refractivity contribution is 5.08. The van der Waals surface area contributed by atoms with Crippen molar-refractivity contribution in [3.05, 3.63) is 12.7 Å². The zero-order chi connectivity index (χ0) is 10.0. The van der Waals surface area contributed by atoms with Crippen molar-refractivity contribution in [1.29, 1.82) is 0 Å². The average Bonchev–Trinajstić information content (AvgIpc) is 2.63. The summed E-state index contributed by atoms with van der Waals surface area (Å²) >= 11 is 0. The molecule has 2 heteroatoms. The molecule has 0 aromatic rings. The lowest BCUT2D eigenvalue weighted by atomic mass is 9.72. The summed E-state index contributed by atoms with van der Waals surface area (Å²) in [5.41, 5.74) is 0.285. The summed E-state index contributed by atoms with van der Waals surface area (Å²) in [6.07, 6.45) is 9.66. The van der Waals surface area contributed by atoms with Gasteiger partial charge in [0.05, 0.1) is 6.61 Å². The largest absolute Gasteiger partial charge is 0.395 e. The molecule has 0 radical (unpaired) electrons. The van der Waals surface area contributed by atoms with E-state index in [1.807, 2.05) is 0 Å². The van der Waals surface area contributed by atoms with Crippen molar-refractivity contribution in [1.82, 2.24) is 5.32 Å². The predicted octanol–water partition coefficient (Wildman–Crippen LogP) is 1.85. The lowest BCUT2D eigenvalue weighted by Gasteiger charge is -2.41. The number of hydrogen-bond acceptors (Lipinski definition) is 2. The first-order chi connectivity index (χ1) is 6.80. The molecule has 0 amide bonds. The van der Waals surface area contributed by atoms with Gasteiger partial charge in [-0.15, -0.1) is 6.58 Å². The molecule has 0 unspecified atom stereocenters. The lowest BCUT2D eigenvalue weighted by Crippen LogP contribution is -2.50. The van der Waals surface area contributed by atoms with Gasteiger partial charge >= 0.3 is 0 Å². The Bertz CT molecular complexity index is 216. The Morgan fingerprint density at radius 3 is 2.86 bits per heavy atom. The second-order valence-electron chi connectivity index (χ2n) is 4.81. The van der Waals surface area contributed by atoms with E-state index >= 15 is 0 Å². The Morgan fingerprint density at radius 2 is 2.21 bits per heavy atom. The van der Waals surface area contributed by atoms with E-state index in [9.17, 15) is 0 Å². The van der Waals surface area contributed by atoms with E-state index in [1.165, 1.54) is 32.1 Å². The number of hydrogen-bond donors (Lipinski definition) is 2. The molecular formula is C12H21NO. The minimum absolute atomic E-state index is 0.283. The maximum atomic E-state index is 9.15. The van der Waals surface area contributed by atoms with Crippen molar-refractivity contribution in [3.63, 3.8) is 0 Å². The van der Waals surface area contributed by atoms with Crippen LogP contribution in [0.4, 0.5) is 0 Å². The quantitative estimate of drug-likeness (QED) is 0.659. The molecule has 1 spiro atoms. The van der Waals surface area contributed by atoms with Gasteiger partial charge in [0, 0.05) is 11.6 Å². The molecule has 2 fully saturated rings. The van der Waals surface area contributed by atoms with Crippen LogP contribution in [0.2, 0.25) is 0 Å². The molecule has 80 valence electrons. The number of nitrogens with one attached hydrogen (secondary N) is 1. The molecule has 14 heavy (non-hydrogen) atoms. The van der Waals surface area contributed by atoms with Crippen LogP contribution in [0.15, 0.2) is 12.7 Å². The fraction of sp³-hybridized carbons (Fsp3) is 0.833. The van der Waals surface area contributed by atoms with Gasteiger partial charge in [-0.3, -0.25) is 0 Å². The molecule has 3 atom stereocenters. The van der Waals surface area contributed by atoms with Gasteiger partial charge in [0.15, 0.2) is 0 Å². The minimum atomic E-state index is 0.283. The first-order valence-electron chi connectivity index (χ1n) is 5.82. The summed E-state index contributed by atoms with van der Waals surface area (Å²) in [6, 6.07) is 0.329. The van der Waals surface area contributed by atoms with Gasteiger partial charge in [-0.05, 0) is 31.6 Å². The fourth-order valence-corrected chi connectivity index (χ4v) is 3.22. The standard InChI is InChI=1S/C12H21NO/c1-2-10-5-3-4-7-12(10)8-6-11(9-14)13-12/h2,10-11,13-14H,1,3-9H2/t10-,11+,12-/m1/s1. The summed E-state index contributed by atoms with van der Waals surface area (Å²) in [5, 5.41) is 12.8. The first-order valence-corrected chi connectivity index (χ1v) is 5.82. The van der Waals surface area contributed by atoms with Crippen LogP contribution in [0.3, 0.4) is 0 Å². The minimum Gasteiger partial charge on any atom is -0.395 e. The molecule has 0 aromatic carbocycles. The summed E-state index contributed by atoms with van der Waals surface area (Å²) in [6.45, 7) is 4.24. The van der Waals surface area contributed by atoms with Gasteiger partial charge in [0.25, 0.3) is 0 Å². The molecule has 2 rings (SSSR count). The van der Waals surface area contributed by atoms with Crippen LogP contribution >= 0.6 is 0 Å². The predicted molar refractivity (Wildman–Crippen MR) is 58.1 cm³/mol. The van der Waals surface area contributed by atoms with E-state index in [1.54, 1.807) is 0 Å². The van der Waals surface area contributed by atoms with Crippen LogP contribution in [0, 0.1) is 5.92 Å². The zero-order valence-electron chi connectivity index (χ0n) is 8.84. The van der Waals surface area contributed by atoms with E-state index in [0.717, 1.165) is 6.42 Å². The number of aliphatic hydroxyl groups excluding tert-OH is 1. The molecule has 1 aliphatic heterocycles. The Morgan fingerprint density at radius 1 is 1.36 bits per heavy atom. The van der Waals surface area contributed by atoms with Gasteiger partial charge < -0.3 is 10.4 Å². The van der Waals surface area contributed by atoms with Gasteiger partial charge in [0.2, 0.25) is 0 Å². The fourth-order valence-electron chi connectivity index (χ4n) is 3.22. The van der Waals surface area contributed by atoms with Crippen molar-refractivity contribution in [3.8, 4) is 0 Å².